The largest absolute Gasteiger partial charge is 0.460 e. The van der Waals surface area contributed by atoms with E-state index in [2.05, 4.69) is 13.8 Å². The fourth-order valence-electron chi connectivity index (χ4n) is 1.66. The van der Waals surface area contributed by atoms with E-state index in [1.54, 1.807) is 0 Å². The second-order valence-corrected chi connectivity index (χ2v) is 3.70. The molecule has 1 rings (SSSR count). The predicted octanol–water partition coefficient (Wildman–Crippen LogP) is 1.75. The molecular weight excluding hydrogens is 168 g/mol. The van der Waals surface area contributed by atoms with Gasteiger partial charge in [0, 0.05) is 13.5 Å². The number of esters is 1. The van der Waals surface area contributed by atoms with Gasteiger partial charge in [0.2, 0.25) is 0 Å². The Balaban J connectivity index is 2.28. The number of rotatable bonds is 4. The van der Waals surface area contributed by atoms with E-state index in [0.29, 0.717) is 5.92 Å². The van der Waals surface area contributed by atoms with Crippen LogP contribution >= 0.6 is 0 Å². The highest BCUT2D eigenvalue weighted by Crippen LogP contribution is 2.33. The second kappa shape index (κ2) is 4.61. The van der Waals surface area contributed by atoms with Crippen molar-refractivity contribution in [2.45, 2.75) is 45.8 Å². The van der Waals surface area contributed by atoms with Gasteiger partial charge in [-0.1, -0.05) is 13.8 Å². The zero-order valence-corrected chi connectivity index (χ0v) is 8.58. The van der Waals surface area contributed by atoms with Crippen molar-refractivity contribution >= 4 is 5.97 Å². The average Bonchev–Trinajstić information content (AvgIpc) is 2.03. The Morgan fingerprint density at radius 1 is 1.54 bits per heavy atom. The van der Waals surface area contributed by atoms with Gasteiger partial charge in [0.05, 0.1) is 6.10 Å². The van der Waals surface area contributed by atoms with Crippen molar-refractivity contribution in [3.05, 3.63) is 0 Å². The van der Waals surface area contributed by atoms with E-state index >= 15 is 0 Å². The molecule has 0 saturated heterocycles. The molecule has 1 fully saturated rings. The topological polar surface area (TPSA) is 35.5 Å². The Hall–Kier alpha value is -0.570. The van der Waals surface area contributed by atoms with E-state index in [-0.39, 0.29) is 18.2 Å². The maximum atomic E-state index is 10.7. The average molecular weight is 186 g/mol. The van der Waals surface area contributed by atoms with Crippen molar-refractivity contribution in [1.29, 1.82) is 0 Å². The summed E-state index contributed by atoms with van der Waals surface area (Å²) in [7, 11) is 0. The van der Waals surface area contributed by atoms with E-state index in [0.717, 1.165) is 19.4 Å². The van der Waals surface area contributed by atoms with E-state index in [1.807, 2.05) is 0 Å². The van der Waals surface area contributed by atoms with Crippen molar-refractivity contribution in [2.24, 2.45) is 5.92 Å². The van der Waals surface area contributed by atoms with E-state index in [4.69, 9.17) is 9.47 Å². The molecule has 1 aliphatic carbocycles. The zero-order valence-electron chi connectivity index (χ0n) is 8.58. The Morgan fingerprint density at radius 3 is 2.69 bits per heavy atom. The van der Waals surface area contributed by atoms with E-state index < -0.39 is 0 Å². The lowest BCUT2D eigenvalue weighted by Crippen LogP contribution is -2.49. The SMILES string of the molecule is CCCOC1C(C)CC1OC(C)=O. The molecule has 0 aromatic heterocycles. The molecule has 0 radical (unpaired) electrons. The third-order valence-electron chi connectivity index (χ3n) is 2.36. The van der Waals surface area contributed by atoms with Crippen LogP contribution in [0.1, 0.15) is 33.6 Å². The molecule has 3 atom stereocenters. The van der Waals surface area contributed by atoms with Gasteiger partial charge in [-0.25, -0.2) is 0 Å². The Morgan fingerprint density at radius 2 is 2.23 bits per heavy atom. The summed E-state index contributed by atoms with van der Waals surface area (Å²) in [4.78, 5) is 10.7. The standard InChI is InChI=1S/C10H18O3/c1-4-5-12-10-7(2)6-9(10)13-8(3)11/h7,9-10H,4-6H2,1-3H3. The van der Waals surface area contributed by atoms with Gasteiger partial charge in [0.1, 0.15) is 6.10 Å². The van der Waals surface area contributed by atoms with E-state index in [1.165, 1.54) is 6.92 Å². The molecule has 0 aliphatic heterocycles. The zero-order chi connectivity index (χ0) is 9.84. The molecular formula is C10H18O3. The van der Waals surface area contributed by atoms with Gasteiger partial charge >= 0.3 is 5.97 Å². The van der Waals surface area contributed by atoms with Gasteiger partial charge < -0.3 is 9.47 Å². The van der Waals surface area contributed by atoms with Crippen LogP contribution in [0.15, 0.2) is 0 Å². The van der Waals surface area contributed by atoms with Crippen LogP contribution in [0.4, 0.5) is 0 Å². The lowest BCUT2D eigenvalue weighted by Gasteiger charge is -2.41. The molecule has 3 nitrogen and oxygen atoms in total. The number of hydrogen-bond acceptors (Lipinski definition) is 3. The first kappa shape index (κ1) is 10.5. The molecule has 3 unspecified atom stereocenters. The third kappa shape index (κ3) is 2.69. The van der Waals surface area contributed by atoms with Crippen molar-refractivity contribution in [3.8, 4) is 0 Å². The van der Waals surface area contributed by atoms with Gasteiger partial charge in [0.15, 0.2) is 0 Å². The van der Waals surface area contributed by atoms with Crippen LogP contribution in [0.5, 0.6) is 0 Å². The van der Waals surface area contributed by atoms with Gasteiger partial charge in [0.25, 0.3) is 0 Å². The number of carbonyl (C=O) groups is 1. The van der Waals surface area contributed by atoms with Crippen molar-refractivity contribution in [3.63, 3.8) is 0 Å². The monoisotopic (exact) mass is 186 g/mol. The fourth-order valence-corrected chi connectivity index (χ4v) is 1.66. The minimum Gasteiger partial charge on any atom is -0.460 e. The van der Waals surface area contributed by atoms with Crippen molar-refractivity contribution < 1.29 is 14.3 Å². The van der Waals surface area contributed by atoms with Crippen LogP contribution in [0.2, 0.25) is 0 Å². The summed E-state index contributed by atoms with van der Waals surface area (Å²) in [5, 5.41) is 0. The summed E-state index contributed by atoms with van der Waals surface area (Å²) in [6.45, 7) is 6.40. The van der Waals surface area contributed by atoms with Crippen LogP contribution in [-0.2, 0) is 14.3 Å². The second-order valence-electron chi connectivity index (χ2n) is 3.70. The summed E-state index contributed by atoms with van der Waals surface area (Å²) >= 11 is 0. The van der Waals surface area contributed by atoms with Crippen LogP contribution in [-0.4, -0.2) is 24.8 Å². The summed E-state index contributed by atoms with van der Waals surface area (Å²) in [5.74, 6) is 0.317. The highest BCUT2D eigenvalue weighted by molar-refractivity contribution is 5.66. The Labute approximate surface area is 79.4 Å². The van der Waals surface area contributed by atoms with Crippen molar-refractivity contribution in [2.75, 3.05) is 6.61 Å². The smallest absolute Gasteiger partial charge is 0.302 e. The van der Waals surface area contributed by atoms with Gasteiger partial charge in [-0.15, -0.1) is 0 Å². The molecule has 0 aromatic carbocycles. The summed E-state index contributed by atoms with van der Waals surface area (Å²) in [6, 6.07) is 0. The third-order valence-corrected chi connectivity index (χ3v) is 2.36. The molecule has 0 N–H and O–H groups in total. The summed E-state index contributed by atoms with van der Waals surface area (Å²) in [6.07, 6.45) is 2.08. The number of ether oxygens (including phenoxy) is 2. The molecule has 1 aliphatic rings. The molecule has 1 saturated carbocycles. The maximum absolute atomic E-state index is 10.7. The maximum Gasteiger partial charge on any atom is 0.302 e. The molecule has 13 heavy (non-hydrogen) atoms. The highest BCUT2D eigenvalue weighted by Gasteiger charge is 2.41. The quantitative estimate of drug-likeness (QED) is 0.627. The van der Waals surface area contributed by atoms with Gasteiger partial charge in [-0.3, -0.25) is 4.79 Å². The predicted molar refractivity (Wildman–Crippen MR) is 49.4 cm³/mol. The van der Waals surface area contributed by atoms with Crippen molar-refractivity contribution in [1.82, 2.24) is 0 Å². The Bertz CT molecular complexity index is 179. The molecule has 0 aromatic rings. The molecule has 76 valence electrons. The van der Waals surface area contributed by atoms with Crippen LogP contribution in [0.25, 0.3) is 0 Å². The first-order chi connectivity index (χ1) is 6.15. The molecule has 0 heterocycles. The first-order valence-electron chi connectivity index (χ1n) is 4.94. The lowest BCUT2D eigenvalue weighted by molar-refractivity contribution is -0.180. The highest BCUT2D eigenvalue weighted by atomic mass is 16.6. The molecule has 0 amide bonds. The molecule has 3 heteroatoms. The van der Waals surface area contributed by atoms with Crippen LogP contribution in [0.3, 0.4) is 0 Å². The normalized spacial score (nSPS) is 32.4. The first-order valence-corrected chi connectivity index (χ1v) is 4.94. The fraction of sp³-hybridized carbons (Fsp3) is 0.900. The number of hydrogen-bond donors (Lipinski definition) is 0. The van der Waals surface area contributed by atoms with Crippen LogP contribution in [0, 0.1) is 5.92 Å². The number of carbonyl (C=O) groups excluding carboxylic acids is 1. The van der Waals surface area contributed by atoms with E-state index in [9.17, 15) is 4.79 Å². The summed E-state index contributed by atoms with van der Waals surface area (Å²) < 4.78 is 10.7. The minimum absolute atomic E-state index is 0.000880. The van der Waals surface area contributed by atoms with Crippen LogP contribution < -0.4 is 0 Å². The summed E-state index contributed by atoms with van der Waals surface area (Å²) in [5.41, 5.74) is 0. The minimum atomic E-state index is -0.206. The molecule has 0 bridgehead atoms. The van der Waals surface area contributed by atoms with Gasteiger partial charge in [-0.2, -0.15) is 0 Å². The lowest BCUT2D eigenvalue weighted by atomic mass is 9.80. The van der Waals surface area contributed by atoms with Gasteiger partial charge in [-0.05, 0) is 18.8 Å². The Kier molecular flexibility index (Phi) is 3.72. The molecule has 0 spiro atoms.